The normalized spacial score (nSPS) is 11.9. The van der Waals surface area contributed by atoms with Crippen LogP contribution in [0.5, 0.6) is 11.5 Å². The SMILES string of the molecule is COc1ccc(-c2nnc(S[C@H](C)C(=O)c3ccc(C)c(C)c3)o2)cc1OC. The molecule has 6 nitrogen and oxygen atoms in total. The van der Waals surface area contributed by atoms with Crippen LogP contribution in [-0.2, 0) is 0 Å². The lowest BCUT2D eigenvalue weighted by Gasteiger charge is -2.09. The van der Waals surface area contributed by atoms with Crippen molar-refractivity contribution in [1.82, 2.24) is 10.2 Å². The third-order valence-corrected chi connectivity index (χ3v) is 5.41. The Morgan fingerprint density at radius 1 is 1.00 bits per heavy atom. The molecule has 1 heterocycles. The molecule has 0 aliphatic carbocycles. The summed E-state index contributed by atoms with van der Waals surface area (Å²) in [5.41, 5.74) is 3.65. The molecule has 3 rings (SSSR count). The number of ketones is 1. The maximum atomic E-state index is 12.7. The van der Waals surface area contributed by atoms with E-state index in [9.17, 15) is 4.79 Å². The van der Waals surface area contributed by atoms with Gasteiger partial charge in [-0.2, -0.15) is 0 Å². The molecule has 146 valence electrons. The lowest BCUT2D eigenvalue weighted by atomic mass is 10.0. The van der Waals surface area contributed by atoms with Gasteiger partial charge in [-0.05, 0) is 56.2 Å². The molecule has 1 atom stereocenters. The number of carbonyl (C=O) groups excluding carboxylic acids is 1. The molecule has 0 unspecified atom stereocenters. The average molecular weight is 398 g/mol. The van der Waals surface area contributed by atoms with Crippen LogP contribution in [0.2, 0.25) is 0 Å². The zero-order chi connectivity index (χ0) is 20.3. The van der Waals surface area contributed by atoms with Crippen LogP contribution >= 0.6 is 11.8 Å². The summed E-state index contributed by atoms with van der Waals surface area (Å²) in [5, 5.41) is 8.14. The molecule has 1 aromatic heterocycles. The molecule has 0 saturated heterocycles. The van der Waals surface area contributed by atoms with Crippen LogP contribution in [0.3, 0.4) is 0 Å². The van der Waals surface area contributed by atoms with E-state index in [1.165, 1.54) is 11.8 Å². The first-order valence-corrected chi connectivity index (χ1v) is 9.65. The summed E-state index contributed by atoms with van der Waals surface area (Å²) in [4.78, 5) is 12.7. The van der Waals surface area contributed by atoms with E-state index in [1.54, 1.807) is 26.4 Å². The number of nitrogens with zero attached hydrogens (tertiary/aromatic N) is 2. The second-order valence-corrected chi connectivity index (χ2v) is 7.66. The van der Waals surface area contributed by atoms with Crippen LogP contribution in [0.4, 0.5) is 0 Å². The van der Waals surface area contributed by atoms with Crippen LogP contribution in [0.1, 0.15) is 28.4 Å². The largest absolute Gasteiger partial charge is 0.493 e. The molecule has 7 heteroatoms. The van der Waals surface area contributed by atoms with Gasteiger partial charge in [-0.25, -0.2) is 0 Å². The smallest absolute Gasteiger partial charge is 0.277 e. The Kier molecular flexibility index (Phi) is 6.04. The summed E-state index contributed by atoms with van der Waals surface area (Å²) in [6.07, 6.45) is 0. The quantitative estimate of drug-likeness (QED) is 0.420. The fourth-order valence-electron chi connectivity index (χ4n) is 2.68. The minimum atomic E-state index is -0.346. The van der Waals surface area contributed by atoms with Gasteiger partial charge in [-0.3, -0.25) is 4.79 Å². The third kappa shape index (κ3) is 4.20. The van der Waals surface area contributed by atoms with Gasteiger partial charge in [-0.15, -0.1) is 10.2 Å². The van der Waals surface area contributed by atoms with E-state index in [4.69, 9.17) is 13.9 Å². The minimum Gasteiger partial charge on any atom is -0.493 e. The molecule has 0 N–H and O–H groups in total. The first-order valence-electron chi connectivity index (χ1n) is 8.77. The molecular weight excluding hydrogens is 376 g/mol. The van der Waals surface area contributed by atoms with Crippen molar-refractivity contribution in [2.24, 2.45) is 0 Å². The average Bonchev–Trinajstić information content (AvgIpc) is 3.17. The maximum absolute atomic E-state index is 12.7. The van der Waals surface area contributed by atoms with Gasteiger partial charge in [0.2, 0.25) is 5.89 Å². The first kappa shape index (κ1) is 19.9. The Morgan fingerprint density at radius 2 is 1.75 bits per heavy atom. The van der Waals surface area contributed by atoms with Crippen LogP contribution in [0.15, 0.2) is 46.0 Å². The number of Topliss-reactive ketones (excluding diaryl/α,β-unsaturated/α-hetero) is 1. The highest BCUT2D eigenvalue weighted by Crippen LogP contribution is 2.33. The van der Waals surface area contributed by atoms with Crippen molar-refractivity contribution in [2.45, 2.75) is 31.2 Å². The van der Waals surface area contributed by atoms with Crippen molar-refractivity contribution in [3.8, 4) is 23.0 Å². The number of carbonyl (C=O) groups is 1. The molecule has 3 aromatic rings. The Hall–Kier alpha value is -2.80. The topological polar surface area (TPSA) is 74.5 Å². The predicted molar refractivity (Wildman–Crippen MR) is 108 cm³/mol. The van der Waals surface area contributed by atoms with E-state index in [-0.39, 0.29) is 11.0 Å². The van der Waals surface area contributed by atoms with Gasteiger partial charge in [0.15, 0.2) is 17.3 Å². The highest BCUT2D eigenvalue weighted by atomic mass is 32.2. The summed E-state index contributed by atoms with van der Waals surface area (Å²) >= 11 is 1.24. The molecule has 0 fully saturated rings. The van der Waals surface area contributed by atoms with Crippen LogP contribution < -0.4 is 9.47 Å². The molecule has 2 aromatic carbocycles. The van der Waals surface area contributed by atoms with Crippen LogP contribution in [0.25, 0.3) is 11.5 Å². The van der Waals surface area contributed by atoms with E-state index >= 15 is 0 Å². The second kappa shape index (κ2) is 8.48. The van der Waals surface area contributed by atoms with Crippen molar-refractivity contribution < 1.29 is 18.7 Å². The lowest BCUT2D eigenvalue weighted by molar-refractivity contribution is 0.0993. The van der Waals surface area contributed by atoms with E-state index < -0.39 is 0 Å². The number of benzene rings is 2. The number of methoxy groups -OCH3 is 2. The van der Waals surface area contributed by atoms with Crippen molar-refractivity contribution >= 4 is 17.5 Å². The van der Waals surface area contributed by atoms with Crippen molar-refractivity contribution in [1.29, 1.82) is 0 Å². The maximum Gasteiger partial charge on any atom is 0.277 e. The summed E-state index contributed by atoms with van der Waals surface area (Å²) in [6.45, 7) is 5.86. The Balaban J connectivity index is 1.75. The van der Waals surface area contributed by atoms with E-state index in [0.717, 1.165) is 11.1 Å². The fourth-order valence-corrected chi connectivity index (χ4v) is 3.44. The molecule has 28 heavy (non-hydrogen) atoms. The van der Waals surface area contributed by atoms with Gasteiger partial charge < -0.3 is 13.9 Å². The monoisotopic (exact) mass is 398 g/mol. The molecule has 0 spiro atoms. The van der Waals surface area contributed by atoms with Gasteiger partial charge in [0, 0.05) is 11.1 Å². The van der Waals surface area contributed by atoms with Gasteiger partial charge in [0.05, 0.1) is 19.5 Å². The fraction of sp³-hybridized carbons (Fsp3) is 0.286. The number of hydrogen-bond donors (Lipinski definition) is 0. The molecule has 0 aliphatic heterocycles. The molecule has 0 aliphatic rings. The Bertz CT molecular complexity index is 1000. The van der Waals surface area contributed by atoms with Crippen LogP contribution in [-0.4, -0.2) is 35.5 Å². The minimum absolute atomic E-state index is 0.0268. The van der Waals surface area contributed by atoms with Crippen LogP contribution in [0, 0.1) is 13.8 Å². The molecular formula is C21H22N2O4S. The number of aromatic nitrogens is 2. The van der Waals surface area contributed by atoms with Crippen molar-refractivity contribution in [3.05, 3.63) is 53.1 Å². The number of hydrogen-bond acceptors (Lipinski definition) is 7. The molecule has 0 saturated carbocycles. The second-order valence-electron chi connectivity index (χ2n) is 6.37. The lowest BCUT2D eigenvalue weighted by Crippen LogP contribution is -2.13. The standard InChI is InChI=1S/C21H22N2O4S/c1-12-6-7-15(10-13(12)2)19(24)14(3)28-21-23-22-20(27-21)16-8-9-17(25-4)18(11-16)26-5/h6-11,14H,1-5H3/t14-/m1/s1. The summed E-state index contributed by atoms with van der Waals surface area (Å²) < 4.78 is 16.3. The number of ether oxygens (including phenoxy) is 2. The first-order chi connectivity index (χ1) is 13.4. The highest BCUT2D eigenvalue weighted by Gasteiger charge is 2.21. The van der Waals surface area contributed by atoms with Crippen molar-refractivity contribution in [2.75, 3.05) is 14.2 Å². The summed E-state index contributed by atoms with van der Waals surface area (Å²) in [7, 11) is 3.14. The Morgan fingerprint density at radius 3 is 2.43 bits per heavy atom. The third-order valence-electron chi connectivity index (χ3n) is 4.48. The highest BCUT2D eigenvalue weighted by molar-refractivity contribution is 8.00. The summed E-state index contributed by atoms with van der Waals surface area (Å²) in [6, 6.07) is 11.1. The number of aryl methyl sites for hydroxylation is 2. The number of rotatable bonds is 7. The Labute approximate surface area is 168 Å². The molecule has 0 radical (unpaired) electrons. The predicted octanol–water partition coefficient (Wildman–Crippen LogP) is 4.73. The van der Waals surface area contributed by atoms with E-state index in [2.05, 4.69) is 10.2 Å². The van der Waals surface area contributed by atoms with Gasteiger partial charge in [0.25, 0.3) is 5.22 Å². The van der Waals surface area contributed by atoms with Gasteiger partial charge >= 0.3 is 0 Å². The van der Waals surface area contributed by atoms with Crippen molar-refractivity contribution in [3.63, 3.8) is 0 Å². The molecule has 0 amide bonds. The number of thioether (sulfide) groups is 1. The van der Waals surface area contributed by atoms with Gasteiger partial charge in [-0.1, -0.05) is 23.9 Å². The molecule has 0 bridgehead atoms. The zero-order valence-electron chi connectivity index (χ0n) is 16.5. The van der Waals surface area contributed by atoms with Gasteiger partial charge in [0.1, 0.15) is 0 Å². The zero-order valence-corrected chi connectivity index (χ0v) is 17.3. The van der Waals surface area contributed by atoms with E-state index in [0.29, 0.717) is 33.7 Å². The van der Waals surface area contributed by atoms with E-state index in [1.807, 2.05) is 45.0 Å². The summed E-state index contributed by atoms with van der Waals surface area (Å²) in [5.74, 6) is 1.58.